The fraction of sp³-hybridized carbons (Fsp3) is 0.357. The molecule has 0 saturated carbocycles. The number of rotatable bonds is 2. The van der Waals surface area contributed by atoms with Crippen LogP contribution in [0.25, 0.3) is 0 Å². The second kappa shape index (κ2) is 5.03. The number of hydrogen-bond acceptors (Lipinski definition) is 3. The summed E-state index contributed by atoms with van der Waals surface area (Å²) in [5.74, 6) is -3.29. The summed E-state index contributed by atoms with van der Waals surface area (Å²) < 4.78 is 13.9. The zero-order valence-corrected chi connectivity index (χ0v) is 11.4. The van der Waals surface area contributed by atoms with Gasteiger partial charge in [-0.1, -0.05) is 19.9 Å². The molecule has 5 nitrogen and oxygen atoms in total. The number of anilines is 1. The molecule has 1 aliphatic rings. The molecule has 1 heterocycles. The molecule has 2 rings (SSSR count). The second-order valence-corrected chi connectivity index (χ2v) is 5.14. The molecule has 0 bridgehead atoms. The van der Waals surface area contributed by atoms with Crippen molar-refractivity contribution in [1.82, 2.24) is 5.32 Å². The quantitative estimate of drug-likeness (QED) is 0.841. The van der Waals surface area contributed by atoms with Gasteiger partial charge in [0.15, 0.2) is 0 Å². The summed E-state index contributed by atoms with van der Waals surface area (Å²) in [5, 5.41) is 2.09. The Kier molecular flexibility index (Phi) is 3.57. The van der Waals surface area contributed by atoms with Gasteiger partial charge in [-0.3, -0.25) is 14.9 Å². The van der Waals surface area contributed by atoms with E-state index in [2.05, 4.69) is 5.32 Å². The second-order valence-electron chi connectivity index (χ2n) is 5.14. The van der Waals surface area contributed by atoms with Crippen molar-refractivity contribution in [3.63, 3.8) is 0 Å². The van der Waals surface area contributed by atoms with Crippen molar-refractivity contribution < 1.29 is 18.8 Å². The Labute approximate surface area is 115 Å². The highest BCUT2D eigenvalue weighted by atomic mass is 19.1. The van der Waals surface area contributed by atoms with E-state index < -0.39 is 29.6 Å². The molecule has 1 fully saturated rings. The Hall–Kier alpha value is -2.24. The zero-order valence-electron chi connectivity index (χ0n) is 11.4. The molecule has 0 aliphatic carbocycles. The van der Waals surface area contributed by atoms with E-state index in [1.165, 1.54) is 12.1 Å². The summed E-state index contributed by atoms with van der Waals surface area (Å²) in [6.45, 7) is 5.09. The van der Waals surface area contributed by atoms with E-state index in [0.717, 1.165) is 0 Å². The first-order valence-corrected chi connectivity index (χ1v) is 6.28. The van der Waals surface area contributed by atoms with Crippen LogP contribution in [0.3, 0.4) is 0 Å². The summed E-state index contributed by atoms with van der Waals surface area (Å²) in [5.41, 5.74) is 0.531. The maximum Gasteiger partial charge on any atom is 0.335 e. The molecular formula is C14H15FN2O3. The lowest BCUT2D eigenvalue weighted by Gasteiger charge is -2.32. The molecule has 0 spiro atoms. The smallest absolute Gasteiger partial charge is 0.277 e. The molecule has 1 aromatic carbocycles. The van der Waals surface area contributed by atoms with E-state index in [0.29, 0.717) is 10.5 Å². The van der Waals surface area contributed by atoms with E-state index in [4.69, 9.17) is 0 Å². The highest BCUT2D eigenvalue weighted by Gasteiger charge is 2.43. The molecule has 106 valence electrons. The maximum atomic E-state index is 13.9. The highest BCUT2D eigenvalue weighted by molar-refractivity contribution is 6.27. The molecule has 1 unspecified atom stereocenters. The topological polar surface area (TPSA) is 66.5 Å². The number of amides is 4. The number of carbonyl (C=O) groups excluding carboxylic acids is 3. The lowest BCUT2D eigenvalue weighted by molar-refractivity contribution is -0.136. The van der Waals surface area contributed by atoms with Crippen LogP contribution in [0.2, 0.25) is 0 Å². The number of aryl methyl sites for hydroxylation is 1. The normalized spacial score (nSPS) is 19.6. The van der Waals surface area contributed by atoms with Gasteiger partial charge in [0.2, 0.25) is 11.8 Å². The monoisotopic (exact) mass is 278 g/mol. The van der Waals surface area contributed by atoms with Crippen LogP contribution in [0.4, 0.5) is 14.9 Å². The minimum absolute atomic E-state index is 0.142. The van der Waals surface area contributed by atoms with Crippen LogP contribution in [-0.4, -0.2) is 17.8 Å². The van der Waals surface area contributed by atoms with Crippen LogP contribution in [0.1, 0.15) is 19.4 Å². The Morgan fingerprint density at radius 1 is 1.25 bits per heavy atom. The van der Waals surface area contributed by atoms with E-state index in [-0.39, 0.29) is 11.6 Å². The zero-order chi connectivity index (χ0) is 15.0. The van der Waals surface area contributed by atoms with Crippen molar-refractivity contribution in [1.29, 1.82) is 0 Å². The summed E-state index contributed by atoms with van der Waals surface area (Å²) in [6, 6.07) is 3.27. The van der Waals surface area contributed by atoms with E-state index in [1.54, 1.807) is 26.8 Å². The SMILES string of the molecule is Cc1ccc(N2C(=O)NC(=O)C(C(C)C)C2=O)c(F)c1. The Morgan fingerprint density at radius 3 is 2.45 bits per heavy atom. The molecular weight excluding hydrogens is 263 g/mol. The number of carbonyl (C=O) groups is 3. The third-order valence-corrected chi connectivity index (χ3v) is 3.21. The number of nitrogens with zero attached hydrogens (tertiary/aromatic N) is 1. The van der Waals surface area contributed by atoms with Gasteiger partial charge in [0.05, 0.1) is 5.69 Å². The van der Waals surface area contributed by atoms with Crippen molar-refractivity contribution in [2.24, 2.45) is 11.8 Å². The minimum Gasteiger partial charge on any atom is -0.277 e. The molecule has 20 heavy (non-hydrogen) atoms. The van der Waals surface area contributed by atoms with Gasteiger partial charge in [-0.25, -0.2) is 14.1 Å². The van der Waals surface area contributed by atoms with Crippen LogP contribution < -0.4 is 10.2 Å². The van der Waals surface area contributed by atoms with Gasteiger partial charge < -0.3 is 0 Å². The standard InChI is InChI=1S/C14H15FN2O3/c1-7(2)11-12(18)16-14(20)17(13(11)19)10-5-4-8(3)6-9(10)15/h4-7,11H,1-3H3,(H,16,18,20). The van der Waals surface area contributed by atoms with Crippen molar-refractivity contribution in [2.45, 2.75) is 20.8 Å². The molecule has 6 heteroatoms. The lowest BCUT2D eigenvalue weighted by Crippen LogP contribution is -2.59. The molecule has 0 aromatic heterocycles. The van der Waals surface area contributed by atoms with E-state index in [9.17, 15) is 18.8 Å². The number of urea groups is 1. The van der Waals surface area contributed by atoms with Gasteiger partial charge in [-0.15, -0.1) is 0 Å². The molecule has 1 saturated heterocycles. The third-order valence-electron chi connectivity index (χ3n) is 3.21. The third kappa shape index (κ3) is 2.29. The highest BCUT2D eigenvalue weighted by Crippen LogP contribution is 2.27. The average Bonchev–Trinajstić information content (AvgIpc) is 2.30. The number of nitrogens with one attached hydrogen (secondary N) is 1. The molecule has 1 aliphatic heterocycles. The Morgan fingerprint density at radius 2 is 1.90 bits per heavy atom. The van der Waals surface area contributed by atoms with Gasteiger partial charge in [0.1, 0.15) is 11.7 Å². The van der Waals surface area contributed by atoms with Gasteiger partial charge in [0, 0.05) is 0 Å². The van der Waals surface area contributed by atoms with Crippen molar-refractivity contribution in [2.75, 3.05) is 4.90 Å². The first-order chi connectivity index (χ1) is 9.32. The molecule has 1 N–H and O–H groups in total. The fourth-order valence-electron chi connectivity index (χ4n) is 2.20. The Bertz CT molecular complexity index is 598. The van der Waals surface area contributed by atoms with Crippen LogP contribution in [0.5, 0.6) is 0 Å². The van der Waals surface area contributed by atoms with E-state index >= 15 is 0 Å². The average molecular weight is 278 g/mol. The number of benzene rings is 1. The van der Waals surface area contributed by atoms with Gasteiger partial charge in [-0.2, -0.15) is 0 Å². The largest absolute Gasteiger partial charge is 0.335 e. The van der Waals surface area contributed by atoms with Gasteiger partial charge >= 0.3 is 6.03 Å². The number of barbiturate groups is 1. The van der Waals surface area contributed by atoms with E-state index in [1.807, 2.05) is 0 Å². The Balaban J connectivity index is 2.46. The summed E-state index contributed by atoms with van der Waals surface area (Å²) in [4.78, 5) is 36.5. The summed E-state index contributed by atoms with van der Waals surface area (Å²) >= 11 is 0. The molecule has 4 amide bonds. The number of halogens is 1. The van der Waals surface area contributed by atoms with Crippen LogP contribution in [-0.2, 0) is 9.59 Å². The first-order valence-electron chi connectivity index (χ1n) is 6.28. The van der Waals surface area contributed by atoms with Crippen molar-refractivity contribution >= 4 is 23.5 Å². The maximum absolute atomic E-state index is 13.9. The predicted octanol–water partition coefficient (Wildman–Crippen LogP) is 1.99. The van der Waals surface area contributed by atoms with Crippen LogP contribution in [0, 0.1) is 24.6 Å². The lowest BCUT2D eigenvalue weighted by atomic mass is 9.92. The molecule has 1 atom stereocenters. The predicted molar refractivity (Wildman–Crippen MR) is 70.5 cm³/mol. The van der Waals surface area contributed by atoms with Crippen LogP contribution >= 0.6 is 0 Å². The fourth-order valence-corrected chi connectivity index (χ4v) is 2.20. The van der Waals surface area contributed by atoms with Gasteiger partial charge in [0.25, 0.3) is 0 Å². The summed E-state index contributed by atoms with van der Waals surface area (Å²) in [7, 11) is 0. The number of imide groups is 2. The summed E-state index contributed by atoms with van der Waals surface area (Å²) in [6.07, 6.45) is 0. The number of hydrogen-bond donors (Lipinski definition) is 1. The molecule has 1 aromatic rings. The van der Waals surface area contributed by atoms with Crippen molar-refractivity contribution in [3.05, 3.63) is 29.6 Å². The first kappa shape index (κ1) is 14.2. The van der Waals surface area contributed by atoms with Gasteiger partial charge in [-0.05, 0) is 30.5 Å². The van der Waals surface area contributed by atoms with Crippen LogP contribution in [0.15, 0.2) is 18.2 Å². The molecule has 0 radical (unpaired) electrons. The van der Waals surface area contributed by atoms with Crippen molar-refractivity contribution in [3.8, 4) is 0 Å². The minimum atomic E-state index is -0.992.